The van der Waals surface area contributed by atoms with Crippen molar-refractivity contribution in [1.82, 2.24) is 5.32 Å². The fourth-order valence-corrected chi connectivity index (χ4v) is 1.41. The molecule has 2 N–H and O–H groups in total. The second kappa shape index (κ2) is 4.79. The van der Waals surface area contributed by atoms with Crippen molar-refractivity contribution < 1.29 is 0 Å². The molecule has 2 nitrogen and oxygen atoms in total. The summed E-state index contributed by atoms with van der Waals surface area (Å²) in [6.45, 7) is 0. The van der Waals surface area contributed by atoms with Crippen molar-refractivity contribution in [2.24, 2.45) is 0 Å². The van der Waals surface area contributed by atoms with Crippen LogP contribution in [0.4, 0.5) is 5.69 Å². The molecule has 13 heavy (non-hydrogen) atoms. The molecule has 0 bridgehead atoms. The Morgan fingerprint density at radius 1 is 1.54 bits per heavy atom. The van der Waals surface area contributed by atoms with E-state index < -0.39 is 0 Å². The van der Waals surface area contributed by atoms with Crippen LogP contribution in [-0.4, -0.2) is 12.2 Å². The summed E-state index contributed by atoms with van der Waals surface area (Å²) >= 11 is 14.2. The third-order valence-corrected chi connectivity index (χ3v) is 2.53. The van der Waals surface area contributed by atoms with Gasteiger partial charge in [0.15, 0.2) is 5.11 Å². The summed E-state index contributed by atoms with van der Waals surface area (Å²) in [5.74, 6) is 0. The fourth-order valence-electron chi connectivity index (χ4n) is 0.778. The number of rotatable bonds is 1. The highest BCUT2D eigenvalue weighted by Gasteiger charge is 2.01. The first-order chi connectivity index (χ1) is 6.13. The van der Waals surface area contributed by atoms with E-state index in [1.54, 1.807) is 13.1 Å². The average Bonchev–Trinajstić information content (AvgIpc) is 2.11. The predicted octanol–water partition coefficient (Wildman–Crippen LogP) is 3.02. The van der Waals surface area contributed by atoms with E-state index in [2.05, 4.69) is 26.6 Å². The molecule has 0 saturated carbocycles. The van der Waals surface area contributed by atoms with E-state index in [1.165, 1.54) is 0 Å². The monoisotopic (exact) mass is 278 g/mol. The second-order valence-electron chi connectivity index (χ2n) is 2.33. The molecule has 0 saturated heterocycles. The van der Waals surface area contributed by atoms with Crippen LogP contribution >= 0.6 is 39.7 Å². The number of hydrogen-bond donors (Lipinski definition) is 2. The van der Waals surface area contributed by atoms with Gasteiger partial charge in [0.2, 0.25) is 0 Å². The molecule has 1 aromatic rings. The van der Waals surface area contributed by atoms with E-state index in [0.717, 1.165) is 10.2 Å². The zero-order valence-corrected chi connectivity index (χ0v) is 10.1. The Bertz CT molecular complexity index is 330. The highest BCUT2D eigenvalue weighted by molar-refractivity contribution is 9.10. The molecule has 5 heteroatoms. The van der Waals surface area contributed by atoms with Crippen LogP contribution < -0.4 is 10.6 Å². The summed E-state index contributed by atoms with van der Waals surface area (Å²) in [5.41, 5.74) is 0.787. The lowest BCUT2D eigenvalue weighted by Crippen LogP contribution is -2.24. The maximum atomic E-state index is 5.93. The van der Waals surface area contributed by atoms with Crippen LogP contribution in [0.2, 0.25) is 5.02 Å². The Morgan fingerprint density at radius 3 is 2.85 bits per heavy atom. The SMILES string of the molecule is CNC(=S)Nc1cc(Br)ccc1Cl. The van der Waals surface area contributed by atoms with Crippen LogP contribution in [0.3, 0.4) is 0 Å². The molecule has 0 aliphatic rings. The predicted molar refractivity (Wildman–Crippen MR) is 64.4 cm³/mol. The quantitative estimate of drug-likeness (QED) is 0.773. The van der Waals surface area contributed by atoms with Crippen LogP contribution in [0, 0.1) is 0 Å². The number of thiocarbonyl (C=S) groups is 1. The molecule has 0 aromatic heterocycles. The summed E-state index contributed by atoms with van der Waals surface area (Å²) in [6.07, 6.45) is 0. The van der Waals surface area contributed by atoms with Gasteiger partial charge in [-0.25, -0.2) is 0 Å². The van der Waals surface area contributed by atoms with Gasteiger partial charge in [0.1, 0.15) is 0 Å². The Kier molecular flexibility index (Phi) is 3.96. The zero-order valence-electron chi connectivity index (χ0n) is 6.90. The smallest absolute Gasteiger partial charge is 0.170 e. The van der Waals surface area contributed by atoms with Gasteiger partial charge >= 0.3 is 0 Å². The van der Waals surface area contributed by atoms with Gasteiger partial charge in [0.05, 0.1) is 10.7 Å². The fraction of sp³-hybridized carbons (Fsp3) is 0.125. The Balaban J connectivity index is 2.87. The van der Waals surface area contributed by atoms with Gasteiger partial charge in [0.25, 0.3) is 0 Å². The Labute approximate surface area is 95.8 Å². The highest BCUT2D eigenvalue weighted by Crippen LogP contribution is 2.25. The van der Waals surface area contributed by atoms with Crippen molar-refractivity contribution in [2.45, 2.75) is 0 Å². The van der Waals surface area contributed by atoms with Crippen molar-refractivity contribution in [1.29, 1.82) is 0 Å². The number of halogens is 2. The largest absolute Gasteiger partial charge is 0.366 e. The molecule has 0 spiro atoms. The lowest BCUT2D eigenvalue weighted by atomic mass is 10.3. The van der Waals surface area contributed by atoms with Gasteiger partial charge in [0, 0.05) is 11.5 Å². The summed E-state index contributed by atoms with van der Waals surface area (Å²) in [6, 6.07) is 5.54. The first-order valence-electron chi connectivity index (χ1n) is 3.57. The van der Waals surface area contributed by atoms with Gasteiger partial charge < -0.3 is 10.6 Å². The zero-order chi connectivity index (χ0) is 9.84. The summed E-state index contributed by atoms with van der Waals surface area (Å²) in [4.78, 5) is 0. The molecule has 0 radical (unpaired) electrons. The van der Waals surface area contributed by atoms with Crippen molar-refractivity contribution in [3.8, 4) is 0 Å². The molecule has 1 rings (SSSR count). The van der Waals surface area contributed by atoms with Crippen molar-refractivity contribution in [3.63, 3.8) is 0 Å². The third-order valence-electron chi connectivity index (χ3n) is 1.40. The van der Waals surface area contributed by atoms with Crippen LogP contribution in [0.1, 0.15) is 0 Å². The number of hydrogen-bond acceptors (Lipinski definition) is 1. The molecule has 0 aliphatic heterocycles. The minimum absolute atomic E-state index is 0.542. The molecule has 0 fully saturated rings. The van der Waals surface area contributed by atoms with Crippen molar-refractivity contribution >= 4 is 50.5 Å². The van der Waals surface area contributed by atoms with Gasteiger partial charge in [-0.05, 0) is 30.4 Å². The maximum Gasteiger partial charge on any atom is 0.170 e. The number of benzene rings is 1. The molecule has 0 atom stereocenters. The molecule has 0 unspecified atom stereocenters. The lowest BCUT2D eigenvalue weighted by molar-refractivity contribution is 1.20. The van der Waals surface area contributed by atoms with Crippen molar-refractivity contribution in [2.75, 3.05) is 12.4 Å². The Morgan fingerprint density at radius 2 is 2.23 bits per heavy atom. The first-order valence-corrected chi connectivity index (χ1v) is 5.15. The summed E-state index contributed by atoms with van der Waals surface area (Å²) in [7, 11) is 1.75. The van der Waals surface area contributed by atoms with Crippen molar-refractivity contribution in [3.05, 3.63) is 27.7 Å². The van der Waals surface area contributed by atoms with Crippen LogP contribution in [0.25, 0.3) is 0 Å². The van der Waals surface area contributed by atoms with Gasteiger partial charge in [-0.15, -0.1) is 0 Å². The first kappa shape index (κ1) is 10.8. The maximum absolute atomic E-state index is 5.93. The minimum atomic E-state index is 0.542. The molecule has 1 aromatic carbocycles. The highest BCUT2D eigenvalue weighted by atomic mass is 79.9. The number of nitrogens with one attached hydrogen (secondary N) is 2. The molecule has 0 amide bonds. The van der Waals surface area contributed by atoms with E-state index in [1.807, 2.05) is 12.1 Å². The molecule has 0 aliphatic carbocycles. The molecular weight excluding hydrogens is 272 g/mol. The molecular formula is C8H8BrClN2S. The van der Waals surface area contributed by atoms with Crippen LogP contribution in [-0.2, 0) is 0 Å². The second-order valence-corrected chi connectivity index (χ2v) is 4.06. The van der Waals surface area contributed by atoms with E-state index in [9.17, 15) is 0 Å². The van der Waals surface area contributed by atoms with Crippen LogP contribution in [0.5, 0.6) is 0 Å². The Hall–Kier alpha value is -0.320. The summed E-state index contributed by atoms with van der Waals surface area (Å²) in [5, 5.41) is 6.95. The van der Waals surface area contributed by atoms with E-state index in [4.69, 9.17) is 23.8 Å². The standard InChI is InChI=1S/C8H8BrClN2S/c1-11-8(13)12-7-4-5(9)2-3-6(7)10/h2-4H,1H3,(H2,11,12,13). The minimum Gasteiger partial charge on any atom is -0.366 e. The van der Waals surface area contributed by atoms with E-state index in [0.29, 0.717) is 10.1 Å². The number of anilines is 1. The van der Waals surface area contributed by atoms with E-state index >= 15 is 0 Å². The molecule has 70 valence electrons. The van der Waals surface area contributed by atoms with Crippen LogP contribution in [0.15, 0.2) is 22.7 Å². The summed E-state index contributed by atoms with van der Waals surface area (Å²) < 4.78 is 0.957. The lowest BCUT2D eigenvalue weighted by Gasteiger charge is -2.08. The average molecular weight is 280 g/mol. The molecule has 0 heterocycles. The van der Waals surface area contributed by atoms with E-state index in [-0.39, 0.29) is 0 Å². The van der Waals surface area contributed by atoms with Gasteiger partial charge in [-0.2, -0.15) is 0 Å². The third kappa shape index (κ3) is 3.14. The van der Waals surface area contributed by atoms with Gasteiger partial charge in [-0.3, -0.25) is 0 Å². The normalized spacial score (nSPS) is 9.46. The topological polar surface area (TPSA) is 24.1 Å². The van der Waals surface area contributed by atoms with Gasteiger partial charge in [-0.1, -0.05) is 27.5 Å².